The lowest BCUT2D eigenvalue weighted by Gasteiger charge is -2.10. The molecule has 0 saturated heterocycles. The number of carbonyl (C=O) groups excluding carboxylic acids is 1. The summed E-state index contributed by atoms with van der Waals surface area (Å²) < 4.78 is 1.49. The van der Waals surface area contributed by atoms with Crippen LogP contribution in [0.25, 0.3) is 10.9 Å². The minimum absolute atomic E-state index is 0.00299. The molecule has 1 aromatic carbocycles. The van der Waals surface area contributed by atoms with Crippen molar-refractivity contribution in [2.45, 2.75) is 13.1 Å². The van der Waals surface area contributed by atoms with Gasteiger partial charge in [-0.25, -0.2) is 4.98 Å². The van der Waals surface area contributed by atoms with Crippen LogP contribution in [0.5, 0.6) is 0 Å². The smallest absolute Gasteiger partial charge is 0.242 e. The molecule has 118 valence electrons. The predicted molar refractivity (Wildman–Crippen MR) is 86.8 cm³/mol. The van der Waals surface area contributed by atoms with Crippen molar-refractivity contribution in [2.75, 3.05) is 0 Å². The molecular formula is C17H13N5O2. The zero-order valence-electron chi connectivity index (χ0n) is 12.6. The van der Waals surface area contributed by atoms with Gasteiger partial charge in [0.1, 0.15) is 18.3 Å². The van der Waals surface area contributed by atoms with Gasteiger partial charge in [-0.15, -0.1) is 0 Å². The van der Waals surface area contributed by atoms with E-state index in [4.69, 9.17) is 5.26 Å². The van der Waals surface area contributed by atoms with E-state index in [0.717, 1.165) is 5.56 Å². The molecule has 0 aliphatic rings. The number of nitrogens with zero attached hydrogens (tertiary/aromatic N) is 4. The van der Waals surface area contributed by atoms with Crippen LogP contribution in [-0.4, -0.2) is 20.7 Å². The van der Waals surface area contributed by atoms with Crippen molar-refractivity contribution in [2.24, 2.45) is 0 Å². The van der Waals surface area contributed by atoms with Gasteiger partial charge < -0.3 is 5.32 Å². The summed E-state index contributed by atoms with van der Waals surface area (Å²) in [4.78, 5) is 27.8. The minimum atomic E-state index is -0.244. The van der Waals surface area contributed by atoms with Gasteiger partial charge in [0.25, 0.3) is 0 Å². The molecule has 24 heavy (non-hydrogen) atoms. The summed E-state index contributed by atoms with van der Waals surface area (Å²) in [5, 5.41) is 16.1. The van der Waals surface area contributed by atoms with E-state index >= 15 is 0 Å². The largest absolute Gasteiger partial charge is 0.350 e. The van der Waals surface area contributed by atoms with E-state index in [0.29, 0.717) is 16.6 Å². The predicted octanol–water partition coefficient (Wildman–Crippen LogP) is 0.980. The molecule has 0 aliphatic heterocycles. The molecule has 0 spiro atoms. The Balaban J connectivity index is 1.73. The van der Waals surface area contributed by atoms with Gasteiger partial charge in [-0.2, -0.15) is 10.4 Å². The number of benzene rings is 1. The summed E-state index contributed by atoms with van der Waals surface area (Å²) >= 11 is 0. The van der Waals surface area contributed by atoms with E-state index in [9.17, 15) is 9.59 Å². The maximum atomic E-state index is 12.1. The lowest BCUT2D eigenvalue weighted by atomic mass is 10.2. The van der Waals surface area contributed by atoms with E-state index in [1.165, 1.54) is 17.1 Å². The number of nitrogens with one attached hydrogen (secondary N) is 1. The van der Waals surface area contributed by atoms with Gasteiger partial charge in [-0.3, -0.25) is 14.3 Å². The Labute approximate surface area is 137 Å². The summed E-state index contributed by atoms with van der Waals surface area (Å²) in [6.45, 7) is 0.283. The summed E-state index contributed by atoms with van der Waals surface area (Å²) in [6.07, 6.45) is 2.73. The number of aromatic nitrogens is 3. The van der Waals surface area contributed by atoms with Crippen molar-refractivity contribution in [1.29, 1.82) is 5.26 Å². The van der Waals surface area contributed by atoms with E-state index in [1.807, 2.05) is 6.07 Å². The third kappa shape index (κ3) is 3.28. The fourth-order valence-corrected chi connectivity index (χ4v) is 2.32. The van der Waals surface area contributed by atoms with Crippen molar-refractivity contribution in [3.05, 3.63) is 70.3 Å². The van der Waals surface area contributed by atoms with Crippen molar-refractivity contribution >= 4 is 16.8 Å². The molecule has 0 fully saturated rings. The molecule has 7 heteroatoms. The number of nitriles is 1. The first-order valence-electron chi connectivity index (χ1n) is 7.24. The van der Waals surface area contributed by atoms with Crippen molar-refractivity contribution in [3.63, 3.8) is 0 Å². The maximum absolute atomic E-state index is 12.1. The van der Waals surface area contributed by atoms with Gasteiger partial charge in [-0.05, 0) is 29.8 Å². The molecule has 1 N–H and O–H groups in total. The highest BCUT2D eigenvalue weighted by molar-refractivity contribution is 5.81. The second kappa shape index (κ2) is 6.71. The maximum Gasteiger partial charge on any atom is 0.242 e. The third-order valence-corrected chi connectivity index (χ3v) is 3.48. The zero-order chi connectivity index (χ0) is 16.9. The van der Waals surface area contributed by atoms with Crippen LogP contribution in [0, 0.1) is 11.3 Å². The number of amides is 1. The molecule has 3 aromatic rings. The fourth-order valence-electron chi connectivity index (χ4n) is 2.32. The van der Waals surface area contributed by atoms with Crippen LogP contribution in [0.2, 0.25) is 0 Å². The number of rotatable bonds is 4. The van der Waals surface area contributed by atoms with Crippen LogP contribution in [0.3, 0.4) is 0 Å². The molecule has 3 rings (SSSR count). The molecule has 0 aliphatic carbocycles. The van der Waals surface area contributed by atoms with Gasteiger partial charge in [0.05, 0.1) is 11.7 Å². The Morgan fingerprint density at radius 1 is 1.29 bits per heavy atom. The van der Waals surface area contributed by atoms with Crippen molar-refractivity contribution in [1.82, 2.24) is 20.1 Å². The quantitative estimate of drug-likeness (QED) is 0.772. The molecule has 0 radical (unpaired) electrons. The normalized spacial score (nSPS) is 10.3. The second-order valence-electron chi connectivity index (χ2n) is 5.12. The molecule has 1 amide bonds. The third-order valence-electron chi connectivity index (χ3n) is 3.48. The fraction of sp³-hybridized carbons (Fsp3) is 0.118. The first-order valence-corrected chi connectivity index (χ1v) is 7.24. The van der Waals surface area contributed by atoms with E-state index < -0.39 is 0 Å². The first kappa shape index (κ1) is 15.4. The summed E-state index contributed by atoms with van der Waals surface area (Å²) in [5.41, 5.74) is 1.52. The molecular weight excluding hydrogens is 306 g/mol. The average molecular weight is 319 g/mol. The topological polar surface area (TPSA) is 101 Å². The van der Waals surface area contributed by atoms with Crippen LogP contribution >= 0.6 is 0 Å². The lowest BCUT2D eigenvalue weighted by molar-refractivity contribution is -0.121. The van der Waals surface area contributed by atoms with Crippen LogP contribution in [0.15, 0.2) is 53.6 Å². The molecule has 0 unspecified atom stereocenters. The summed E-state index contributed by atoms with van der Waals surface area (Å²) in [5.74, 6) is -0.244. The van der Waals surface area contributed by atoms with Crippen LogP contribution in [0.1, 0.15) is 11.3 Å². The molecule has 0 atom stereocenters. The first-order chi connectivity index (χ1) is 11.7. The van der Waals surface area contributed by atoms with E-state index in [1.54, 1.807) is 36.4 Å². The number of pyridine rings is 1. The lowest BCUT2D eigenvalue weighted by Crippen LogP contribution is -2.28. The molecule has 0 bridgehead atoms. The van der Waals surface area contributed by atoms with Crippen LogP contribution in [-0.2, 0) is 17.9 Å². The standard InChI is InChI=1S/C17H13N5O2/c18-8-13-7-12(5-6-19-13)9-20-17(24)11-22-15-4-2-1-3-14(15)16(23)10-21-22/h1-7,10H,9,11H2,(H,20,24). The average Bonchev–Trinajstić information content (AvgIpc) is 2.63. The van der Waals surface area contributed by atoms with Gasteiger partial charge in [0.15, 0.2) is 0 Å². The van der Waals surface area contributed by atoms with Crippen LogP contribution in [0.4, 0.5) is 0 Å². The minimum Gasteiger partial charge on any atom is -0.350 e. The second-order valence-corrected chi connectivity index (χ2v) is 5.12. The van der Waals surface area contributed by atoms with Gasteiger partial charge in [0, 0.05) is 18.1 Å². The van der Waals surface area contributed by atoms with Crippen LogP contribution < -0.4 is 10.7 Å². The Hall–Kier alpha value is -3.53. The number of hydrogen-bond donors (Lipinski definition) is 1. The Morgan fingerprint density at radius 3 is 2.96 bits per heavy atom. The Kier molecular flexibility index (Phi) is 4.29. The zero-order valence-corrected chi connectivity index (χ0v) is 12.6. The van der Waals surface area contributed by atoms with E-state index in [-0.39, 0.29) is 24.4 Å². The SMILES string of the molecule is N#Cc1cc(CNC(=O)Cn2ncc(=O)c3ccccc32)ccn1. The Bertz CT molecular complexity index is 1000. The summed E-state index contributed by atoms with van der Waals surface area (Å²) in [7, 11) is 0. The van der Waals surface area contributed by atoms with Gasteiger partial charge in [0.2, 0.25) is 11.3 Å². The van der Waals surface area contributed by atoms with Crippen molar-refractivity contribution < 1.29 is 4.79 Å². The highest BCUT2D eigenvalue weighted by Gasteiger charge is 2.08. The van der Waals surface area contributed by atoms with E-state index in [2.05, 4.69) is 15.4 Å². The molecule has 7 nitrogen and oxygen atoms in total. The highest BCUT2D eigenvalue weighted by atomic mass is 16.2. The molecule has 2 aromatic heterocycles. The van der Waals surface area contributed by atoms with Gasteiger partial charge >= 0.3 is 0 Å². The van der Waals surface area contributed by atoms with Crippen molar-refractivity contribution in [3.8, 4) is 6.07 Å². The molecule has 2 heterocycles. The van der Waals surface area contributed by atoms with Gasteiger partial charge in [-0.1, -0.05) is 12.1 Å². The number of para-hydroxylation sites is 1. The number of hydrogen-bond acceptors (Lipinski definition) is 5. The summed E-state index contributed by atoms with van der Waals surface area (Å²) in [6, 6.07) is 12.3. The highest BCUT2D eigenvalue weighted by Crippen LogP contribution is 2.07. The Morgan fingerprint density at radius 2 is 2.12 bits per heavy atom. The number of fused-ring (bicyclic) bond motifs is 1. The molecule has 0 saturated carbocycles. The number of carbonyl (C=O) groups is 1. The monoisotopic (exact) mass is 319 g/mol.